The Morgan fingerprint density at radius 3 is 1.56 bits per heavy atom. The fourth-order valence-electron chi connectivity index (χ4n) is 5.41. The first-order valence-electron chi connectivity index (χ1n) is 14.3. The zero-order chi connectivity index (χ0) is 29.4. The monoisotopic (exact) mass is 629 g/mol. The summed E-state index contributed by atoms with van der Waals surface area (Å²) in [4.78, 5) is 0. The van der Waals surface area contributed by atoms with Crippen molar-refractivity contribution in [3.05, 3.63) is 130 Å². The number of hydrogen-bond donors (Lipinski definition) is 0. The molecule has 1 heterocycles. The normalized spacial score (nSPS) is 17.1. The SMILES string of the molecule is CC.CCCCN(P(c1ccc(Cl)cc1F)c1ccc(Cl)cc1F)P1[C@@H](c2ccccc2)CC[C@@H]1c1ccccc1. The van der Waals surface area contributed by atoms with Gasteiger partial charge in [0.1, 0.15) is 11.6 Å². The van der Waals surface area contributed by atoms with Crippen LogP contribution in [-0.4, -0.2) is 11.0 Å². The van der Waals surface area contributed by atoms with Crippen LogP contribution in [0.1, 0.15) is 68.9 Å². The van der Waals surface area contributed by atoms with E-state index in [1.54, 1.807) is 24.3 Å². The van der Waals surface area contributed by atoms with Gasteiger partial charge in [0.25, 0.3) is 0 Å². The number of nitrogens with zero attached hydrogens (tertiary/aromatic N) is 1. The van der Waals surface area contributed by atoms with E-state index >= 15 is 8.78 Å². The number of rotatable bonds is 9. The molecule has 2 atom stereocenters. The van der Waals surface area contributed by atoms with Crippen LogP contribution < -0.4 is 10.6 Å². The molecule has 7 heteroatoms. The minimum Gasteiger partial charge on any atom is -0.251 e. The average Bonchev–Trinajstić information content (AvgIpc) is 3.43. The van der Waals surface area contributed by atoms with Gasteiger partial charge in [0.05, 0.1) is 0 Å². The summed E-state index contributed by atoms with van der Waals surface area (Å²) >= 11 is 12.4. The van der Waals surface area contributed by atoms with Crippen molar-refractivity contribution in [3.63, 3.8) is 0 Å². The van der Waals surface area contributed by atoms with Crippen LogP contribution in [-0.2, 0) is 0 Å². The Kier molecular flexibility index (Phi) is 12.2. The van der Waals surface area contributed by atoms with Crippen LogP contribution in [0.25, 0.3) is 0 Å². The minimum atomic E-state index is -1.54. The van der Waals surface area contributed by atoms with Crippen molar-refractivity contribution in [2.75, 3.05) is 6.54 Å². The van der Waals surface area contributed by atoms with Gasteiger partial charge in [-0.2, -0.15) is 0 Å². The van der Waals surface area contributed by atoms with Crippen molar-refractivity contribution >= 4 is 50.0 Å². The first-order chi connectivity index (χ1) is 20.0. The van der Waals surface area contributed by atoms with Gasteiger partial charge < -0.3 is 0 Å². The predicted molar refractivity (Wildman–Crippen MR) is 176 cm³/mol. The Morgan fingerprint density at radius 2 is 1.17 bits per heavy atom. The Bertz CT molecular complexity index is 1290. The summed E-state index contributed by atoms with van der Waals surface area (Å²) in [6.45, 7) is 6.92. The predicted octanol–water partition coefficient (Wildman–Crippen LogP) is 11.4. The van der Waals surface area contributed by atoms with Crippen molar-refractivity contribution in [3.8, 4) is 0 Å². The molecule has 41 heavy (non-hydrogen) atoms. The average molecular weight is 631 g/mol. The van der Waals surface area contributed by atoms with Crippen molar-refractivity contribution in [2.45, 2.75) is 57.8 Å². The molecular weight excluding hydrogens is 593 g/mol. The van der Waals surface area contributed by atoms with Gasteiger partial charge in [-0.1, -0.05) is 111 Å². The zero-order valence-corrected chi connectivity index (χ0v) is 27.1. The maximum atomic E-state index is 15.8. The highest BCUT2D eigenvalue weighted by molar-refractivity contribution is 7.79. The maximum Gasteiger partial charge on any atom is 0.133 e. The van der Waals surface area contributed by atoms with E-state index in [-0.39, 0.29) is 0 Å². The topological polar surface area (TPSA) is 3.24 Å². The van der Waals surface area contributed by atoms with E-state index in [0.717, 1.165) is 32.2 Å². The molecule has 0 radical (unpaired) electrons. The summed E-state index contributed by atoms with van der Waals surface area (Å²) in [5.74, 6) is -0.794. The number of unbranched alkanes of at least 4 members (excludes halogenated alkanes) is 1. The molecule has 1 fully saturated rings. The van der Waals surface area contributed by atoms with Crippen LogP contribution >= 0.6 is 39.3 Å². The lowest BCUT2D eigenvalue weighted by Gasteiger charge is -2.42. The van der Waals surface area contributed by atoms with Gasteiger partial charge >= 0.3 is 0 Å². The third-order valence-electron chi connectivity index (χ3n) is 7.21. The summed E-state index contributed by atoms with van der Waals surface area (Å²) < 4.78 is 34.0. The summed E-state index contributed by atoms with van der Waals surface area (Å²) in [5, 5.41) is 1.66. The molecule has 5 rings (SSSR count). The van der Waals surface area contributed by atoms with Crippen LogP contribution in [0.3, 0.4) is 0 Å². The van der Waals surface area contributed by atoms with Crippen molar-refractivity contribution in [1.82, 2.24) is 4.44 Å². The first-order valence-corrected chi connectivity index (χ1v) is 17.8. The van der Waals surface area contributed by atoms with Crippen molar-refractivity contribution < 1.29 is 8.78 Å². The second kappa shape index (κ2) is 15.6. The van der Waals surface area contributed by atoms with Crippen LogP contribution in [0.2, 0.25) is 10.0 Å². The van der Waals surface area contributed by atoms with E-state index in [9.17, 15) is 0 Å². The molecule has 0 amide bonds. The highest BCUT2D eigenvalue weighted by Gasteiger charge is 2.45. The minimum absolute atomic E-state index is 0.291. The smallest absolute Gasteiger partial charge is 0.133 e. The third-order valence-corrected chi connectivity index (χ3v) is 14.3. The summed E-state index contributed by atoms with van der Waals surface area (Å²) in [7, 11) is -2.41. The van der Waals surface area contributed by atoms with Gasteiger partial charge in [0.15, 0.2) is 0 Å². The molecule has 216 valence electrons. The molecule has 1 aliphatic rings. The molecule has 4 aromatic carbocycles. The molecule has 1 nitrogen and oxygen atoms in total. The van der Waals surface area contributed by atoms with E-state index < -0.39 is 27.8 Å². The summed E-state index contributed by atoms with van der Waals surface area (Å²) in [6, 6.07) is 30.9. The Labute approximate surface area is 256 Å². The Hall–Kier alpha value is -1.86. The maximum absolute atomic E-state index is 15.8. The van der Waals surface area contributed by atoms with E-state index in [4.69, 9.17) is 23.2 Å². The molecular formula is C34H37Cl2F2NP2. The third kappa shape index (κ3) is 7.57. The Balaban J connectivity index is 0.00000189. The highest BCUT2D eigenvalue weighted by Crippen LogP contribution is 2.76. The molecule has 0 aliphatic carbocycles. The van der Waals surface area contributed by atoms with Gasteiger partial charge in [-0.05, 0) is 74.9 Å². The van der Waals surface area contributed by atoms with E-state index in [2.05, 4.69) is 59.9 Å². The summed E-state index contributed by atoms with van der Waals surface area (Å²) in [5.41, 5.74) is 3.18. The van der Waals surface area contributed by atoms with Gasteiger partial charge in [0, 0.05) is 46.6 Å². The molecule has 0 spiro atoms. The molecule has 0 unspecified atom stereocenters. The fraction of sp³-hybridized carbons (Fsp3) is 0.294. The molecule has 1 aliphatic heterocycles. The molecule has 0 aromatic heterocycles. The van der Waals surface area contributed by atoms with Gasteiger partial charge in [0.2, 0.25) is 0 Å². The van der Waals surface area contributed by atoms with Gasteiger partial charge in [-0.3, -0.25) is 4.44 Å². The highest BCUT2D eigenvalue weighted by atomic mass is 35.5. The second-order valence-electron chi connectivity index (χ2n) is 9.76. The summed E-state index contributed by atoms with van der Waals surface area (Å²) in [6.07, 6.45) is 3.99. The molecule has 4 aromatic rings. The lowest BCUT2D eigenvalue weighted by atomic mass is 10.0. The molecule has 1 saturated heterocycles. The fourth-order valence-corrected chi connectivity index (χ4v) is 13.2. The van der Waals surface area contributed by atoms with Gasteiger partial charge in [-0.25, -0.2) is 8.78 Å². The Morgan fingerprint density at radius 1 is 0.732 bits per heavy atom. The first kappa shape index (κ1) is 32.1. The van der Waals surface area contributed by atoms with Crippen LogP contribution in [0.15, 0.2) is 97.1 Å². The van der Waals surface area contributed by atoms with Crippen LogP contribution in [0.4, 0.5) is 8.78 Å². The zero-order valence-electron chi connectivity index (χ0n) is 23.8. The number of benzene rings is 4. The number of halogens is 4. The lowest BCUT2D eigenvalue weighted by molar-refractivity contribution is 0.617. The van der Waals surface area contributed by atoms with E-state index in [1.165, 1.54) is 23.3 Å². The second-order valence-corrected chi connectivity index (χ2v) is 15.5. The van der Waals surface area contributed by atoms with E-state index in [1.807, 2.05) is 26.0 Å². The standard InChI is InChI=1S/C32H31Cl2F2NP2.C2H6/c1-2-3-20-37(39(31-16-14-25(33)21-27(31)35)32-17-15-26(34)22-28(32)36)38-29(23-10-6-4-7-11-23)18-19-30(38)24-12-8-5-9-13-24;1-2/h4-17,21-22,29-30H,2-3,18-20H2,1H3;1-2H3/t29-,30-;/m1./s1. The van der Waals surface area contributed by atoms with Crippen molar-refractivity contribution in [1.29, 1.82) is 0 Å². The van der Waals surface area contributed by atoms with Crippen LogP contribution in [0.5, 0.6) is 0 Å². The molecule has 0 bridgehead atoms. The van der Waals surface area contributed by atoms with Gasteiger partial charge in [-0.15, -0.1) is 0 Å². The van der Waals surface area contributed by atoms with Crippen molar-refractivity contribution in [2.24, 2.45) is 0 Å². The lowest BCUT2D eigenvalue weighted by Crippen LogP contribution is -2.30. The number of hydrogen-bond acceptors (Lipinski definition) is 1. The largest absolute Gasteiger partial charge is 0.251 e. The quantitative estimate of drug-likeness (QED) is 0.166. The molecule has 0 saturated carbocycles. The van der Waals surface area contributed by atoms with Crippen LogP contribution in [0, 0.1) is 11.6 Å². The van der Waals surface area contributed by atoms with E-state index in [0.29, 0.717) is 32.0 Å². The molecule has 0 N–H and O–H groups in total.